The highest BCUT2D eigenvalue weighted by Gasteiger charge is 2.41. The lowest BCUT2D eigenvalue weighted by Crippen LogP contribution is -2.54. The van der Waals surface area contributed by atoms with Crippen molar-refractivity contribution in [2.45, 2.75) is 49.9 Å². The molecule has 35 heavy (non-hydrogen) atoms. The first kappa shape index (κ1) is 24.5. The van der Waals surface area contributed by atoms with Crippen LogP contribution in [0, 0.1) is 5.82 Å². The van der Waals surface area contributed by atoms with Crippen molar-refractivity contribution in [3.05, 3.63) is 105 Å². The topological polar surface area (TPSA) is 74.0 Å². The monoisotopic (exact) mass is 487 g/mol. The second-order valence-electron chi connectivity index (χ2n) is 8.80. The zero-order chi connectivity index (χ0) is 25.1. The number of rotatable bonds is 6. The van der Waals surface area contributed by atoms with E-state index in [9.17, 15) is 27.2 Å². The molecule has 1 saturated carbocycles. The van der Waals surface area contributed by atoms with Crippen molar-refractivity contribution in [2.75, 3.05) is 0 Å². The first-order valence-electron chi connectivity index (χ1n) is 11.4. The smallest absolute Gasteiger partial charge is 0.335 e. The standard InChI is InChI=1S/C26H25F4N3O2/c27-20-14-18(13-19(15-20)26(28,29)30)25(16-17-7-2-1-3-8-17,22-11-6-12-23(34)32-22)33-24(35)31-21-9-4-5-10-21/h1-3,6-8,11-15,21H,4-5,9-10,16H2,(H,32,34)(H2,31,33,35). The summed E-state index contributed by atoms with van der Waals surface area (Å²) in [7, 11) is 0. The molecule has 0 bridgehead atoms. The van der Waals surface area contributed by atoms with Gasteiger partial charge in [0.25, 0.3) is 0 Å². The zero-order valence-corrected chi connectivity index (χ0v) is 18.8. The summed E-state index contributed by atoms with van der Waals surface area (Å²) in [5.74, 6) is -1.11. The molecule has 5 nitrogen and oxygen atoms in total. The van der Waals surface area contributed by atoms with Crippen LogP contribution in [-0.2, 0) is 18.1 Å². The molecule has 9 heteroatoms. The van der Waals surface area contributed by atoms with Gasteiger partial charge in [0, 0.05) is 24.2 Å². The van der Waals surface area contributed by atoms with Gasteiger partial charge in [0.15, 0.2) is 0 Å². The molecule has 0 spiro atoms. The first-order chi connectivity index (χ1) is 16.7. The summed E-state index contributed by atoms with van der Waals surface area (Å²) in [5.41, 5.74) is -2.75. The summed E-state index contributed by atoms with van der Waals surface area (Å²) in [4.78, 5) is 28.1. The van der Waals surface area contributed by atoms with E-state index >= 15 is 0 Å². The molecular formula is C26H25F4N3O2. The highest BCUT2D eigenvalue weighted by Crippen LogP contribution is 2.37. The summed E-state index contributed by atoms with van der Waals surface area (Å²) in [6.45, 7) is 0. The van der Waals surface area contributed by atoms with Crippen molar-refractivity contribution < 1.29 is 22.4 Å². The third kappa shape index (κ3) is 5.72. The highest BCUT2D eigenvalue weighted by atomic mass is 19.4. The number of aromatic nitrogens is 1. The minimum atomic E-state index is -4.81. The van der Waals surface area contributed by atoms with Crippen molar-refractivity contribution >= 4 is 6.03 Å². The highest BCUT2D eigenvalue weighted by molar-refractivity contribution is 5.76. The van der Waals surface area contributed by atoms with Crippen molar-refractivity contribution in [3.63, 3.8) is 0 Å². The number of benzene rings is 2. The summed E-state index contributed by atoms with van der Waals surface area (Å²) >= 11 is 0. The van der Waals surface area contributed by atoms with E-state index in [-0.39, 0.29) is 23.7 Å². The number of hydrogen-bond donors (Lipinski definition) is 3. The Morgan fingerprint density at radius 3 is 2.29 bits per heavy atom. The molecule has 1 aromatic heterocycles. The van der Waals surface area contributed by atoms with E-state index < -0.39 is 34.7 Å². The molecule has 1 fully saturated rings. The second-order valence-corrected chi connectivity index (χ2v) is 8.80. The van der Waals surface area contributed by atoms with Gasteiger partial charge in [-0.2, -0.15) is 13.2 Å². The number of hydrogen-bond acceptors (Lipinski definition) is 2. The molecule has 4 rings (SSSR count). The van der Waals surface area contributed by atoms with Gasteiger partial charge in [0.2, 0.25) is 5.56 Å². The molecule has 3 aromatic rings. The quantitative estimate of drug-likeness (QED) is 0.415. The summed E-state index contributed by atoms with van der Waals surface area (Å²) in [5, 5.41) is 5.69. The van der Waals surface area contributed by atoms with Crippen LogP contribution >= 0.6 is 0 Å². The number of carbonyl (C=O) groups excluding carboxylic acids is 1. The third-order valence-electron chi connectivity index (χ3n) is 6.28. The Kier molecular flexibility index (Phi) is 6.95. The van der Waals surface area contributed by atoms with Gasteiger partial charge in [-0.3, -0.25) is 4.79 Å². The van der Waals surface area contributed by atoms with Crippen LogP contribution < -0.4 is 16.2 Å². The predicted octanol–water partition coefficient (Wildman–Crippen LogP) is 5.26. The fourth-order valence-corrected chi connectivity index (χ4v) is 4.62. The lowest BCUT2D eigenvalue weighted by molar-refractivity contribution is -0.137. The molecule has 2 aromatic carbocycles. The number of alkyl halides is 3. The van der Waals surface area contributed by atoms with E-state index in [1.165, 1.54) is 18.2 Å². The number of aromatic amines is 1. The van der Waals surface area contributed by atoms with Crippen LogP contribution in [0.4, 0.5) is 22.4 Å². The van der Waals surface area contributed by atoms with Crippen LogP contribution in [0.1, 0.15) is 48.1 Å². The molecule has 0 saturated heterocycles. The van der Waals surface area contributed by atoms with Gasteiger partial charge >= 0.3 is 12.2 Å². The van der Waals surface area contributed by atoms with Gasteiger partial charge in [-0.25, -0.2) is 9.18 Å². The number of urea groups is 1. The largest absolute Gasteiger partial charge is 0.416 e. The van der Waals surface area contributed by atoms with Gasteiger partial charge in [0.1, 0.15) is 11.4 Å². The first-order valence-corrected chi connectivity index (χ1v) is 11.4. The number of carbonyl (C=O) groups is 1. The van der Waals surface area contributed by atoms with E-state index in [4.69, 9.17) is 0 Å². The molecule has 184 valence electrons. The summed E-state index contributed by atoms with van der Waals surface area (Å²) in [6.07, 6.45) is -1.34. The molecule has 1 heterocycles. The van der Waals surface area contributed by atoms with Crippen LogP contribution in [-0.4, -0.2) is 17.1 Å². The van der Waals surface area contributed by atoms with Crippen LogP contribution in [0.25, 0.3) is 0 Å². The van der Waals surface area contributed by atoms with E-state index in [0.717, 1.165) is 37.8 Å². The lowest BCUT2D eigenvalue weighted by Gasteiger charge is -2.36. The maximum absolute atomic E-state index is 14.6. The number of nitrogens with one attached hydrogen (secondary N) is 3. The molecule has 0 radical (unpaired) electrons. The summed E-state index contributed by atoms with van der Waals surface area (Å²) in [6, 6.07) is 14.4. The van der Waals surface area contributed by atoms with Crippen LogP contribution in [0.15, 0.2) is 71.5 Å². The fraction of sp³-hybridized carbons (Fsp3) is 0.308. The van der Waals surface area contributed by atoms with E-state index in [2.05, 4.69) is 15.6 Å². The van der Waals surface area contributed by atoms with Crippen molar-refractivity contribution in [3.8, 4) is 0 Å². The van der Waals surface area contributed by atoms with Gasteiger partial charge < -0.3 is 15.6 Å². The minimum absolute atomic E-state index is 0.0351. The molecule has 1 aliphatic carbocycles. The molecule has 1 aliphatic rings. The van der Waals surface area contributed by atoms with Crippen LogP contribution in [0.2, 0.25) is 0 Å². The lowest BCUT2D eigenvalue weighted by atomic mass is 9.79. The maximum atomic E-state index is 14.6. The molecule has 0 aliphatic heterocycles. The summed E-state index contributed by atoms with van der Waals surface area (Å²) < 4.78 is 55.5. The molecular weight excluding hydrogens is 462 g/mol. The van der Waals surface area contributed by atoms with Crippen LogP contribution in [0.5, 0.6) is 0 Å². The Labute approximate surface area is 199 Å². The Bertz CT molecular complexity index is 1240. The Hall–Kier alpha value is -3.62. The van der Waals surface area contributed by atoms with Crippen molar-refractivity contribution in [1.82, 2.24) is 15.6 Å². The van der Waals surface area contributed by atoms with Gasteiger partial charge in [-0.05, 0) is 48.2 Å². The number of halogens is 4. The molecule has 1 unspecified atom stereocenters. The molecule has 1 atom stereocenters. The zero-order valence-electron chi connectivity index (χ0n) is 18.8. The van der Waals surface area contributed by atoms with Crippen molar-refractivity contribution in [2.24, 2.45) is 0 Å². The number of pyridine rings is 1. The van der Waals surface area contributed by atoms with Gasteiger partial charge in [0.05, 0.1) is 5.56 Å². The third-order valence-corrected chi connectivity index (χ3v) is 6.28. The van der Waals surface area contributed by atoms with E-state index in [1.54, 1.807) is 30.3 Å². The molecule has 2 amide bonds. The van der Waals surface area contributed by atoms with Crippen molar-refractivity contribution in [1.29, 1.82) is 0 Å². The number of amides is 2. The maximum Gasteiger partial charge on any atom is 0.416 e. The van der Waals surface area contributed by atoms with E-state index in [1.807, 2.05) is 0 Å². The Morgan fingerprint density at radius 2 is 1.63 bits per heavy atom. The number of H-pyrrole nitrogens is 1. The van der Waals surface area contributed by atoms with Gasteiger partial charge in [-0.15, -0.1) is 0 Å². The van der Waals surface area contributed by atoms with Crippen LogP contribution in [0.3, 0.4) is 0 Å². The minimum Gasteiger partial charge on any atom is -0.335 e. The molecule has 3 N–H and O–H groups in total. The average Bonchev–Trinajstić information content (AvgIpc) is 3.31. The van der Waals surface area contributed by atoms with Gasteiger partial charge in [-0.1, -0.05) is 49.2 Å². The average molecular weight is 487 g/mol. The Morgan fingerprint density at radius 1 is 0.943 bits per heavy atom. The predicted molar refractivity (Wildman–Crippen MR) is 123 cm³/mol. The fourth-order valence-electron chi connectivity index (χ4n) is 4.62. The second kappa shape index (κ2) is 9.93. The normalized spacial score (nSPS) is 16.0. The SMILES string of the molecule is O=C(NC1CCCC1)NC(Cc1ccccc1)(c1cc(F)cc(C(F)(F)F)c1)c1cccc(=O)[nH]1. The van der Waals surface area contributed by atoms with E-state index in [0.29, 0.717) is 11.6 Å². The Balaban J connectivity index is 1.91.